The van der Waals surface area contributed by atoms with Crippen LogP contribution in [-0.2, 0) is 11.3 Å². The molecule has 1 aromatic heterocycles. The third-order valence-corrected chi connectivity index (χ3v) is 3.43. The Labute approximate surface area is 110 Å². The Balaban J connectivity index is 1.98. The fourth-order valence-corrected chi connectivity index (χ4v) is 2.43. The summed E-state index contributed by atoms with van der Waals surface area (Å²) in [5.41, 5.74) is 5.62. The largest absolute Gasteiger partial charge is 0.389 e. The lowest BCUT2D eigenvalue weighted by molar-refractivity contribution is -0.389. The van der Waals surface area contributed by atoms with Gasteiger partial charge in [0.2, 0.25) is 5.91 Å². The number of likely N-dealkylation sites (tertiary alicyclic amines) is 1. The number of carbonyl (C=O) groups is 1. The van der Waals surface area contributed by atoms with Crippen LogP contribution in [0.15, 0.2) is 12.3 Å². The van der Waals surface area contributed by atoms with Gasteiger partial charge in [0.25, 0.3) is 0 Å². The zero-order chi connectivity index (χ0) is 14.0. The van der Waals surface area contributed by atoms with Gasteiger partial charge >= 0.3 is 5.82 Å². The Morgan fingerprint density at radius 1 is 1.68 bits per heavy atom. The zero-order valence-electron chi connectivity index (χ0n) is 10.7. The van der Waals surface area contributed by atoms with Crippen LogP contribution in [0, 0.1) is 16.0 Å². The standard InChI is InChI=1S/C11H17N5O3/c1-8-4-9(5-12)6-15(8)11(17)7-14-3-2-10(13-14)16(18)19/h2-3,8-9H,4-7,12H2,1H3. The highest BCUT2D eigenvalue weighted by molar-refractivity contribution is 5.76. The Morgan fingerprint density at radius 3 is 2.95 bits per heavy atom. The molecule has 1 aliphatic rings. The molecule has 1 aliphatic heterocycles. The molecule has 0 saturated carbocycles. The molecule has 8 heteroatoms. The van der Waals surface area contributed by atoms with Crippen molar-refractivity contribution in [3.05, 3.63) is 22.4 Å². The monoisotopic (exact) mass is 267 g/mol. The highest BCUT2D eigenvalue weighted by atomic mass is 16.6. The Hall–Kier alpha value is -1.96. The summed E-state index contributed by atoms with van der Waals surface area (Å²) in [4.78, 5) is 23.8. The van der Waals surface area contributed by atoms with Crippen molar-refractivity contribution < 1.29 is 9.72 Å². The van der Waals surface area contributed by atoms with Gasteiger partial charge in [-0.25, -0.2) is 0 Å². The molecule has 0 spiro atoms. The Bertz CT molecular complexity index is 486. The van der Waals surface area contributed by atoms with E-state index in [4.69, 9.17) is 5.73 Å². The van der Waals surface area contributed by atoms with Crippen LogP contribution in [0.4, 0.5) is 5.82 Å². The summed E-state index contributed by atoms with van der Waals surface area (Å²) in [5, 5.41) is 14.2. The highest BCUT2D eigenvalue weighted by Gasteiger charge is 2.32. The normalized spacial score (nSPS) is 22.7. The molecule has 0 aromatic carbocycles. The van der Waals surface area contributed by atoms with Gasteiger partial charge in [-0.05, 0) is 30.7 Å². The predicted molar refractivity (Wildman–Crippen MR) is 67.2 cm³/mol. The number of carbonyl (C=O) groups excluding carboxylic acids is 1. The summed E-state index contributed by atoms with van der Waals surface area (Å²) in [6.07, 6.45) is 2.35. The molecule has 19 heavy (non-hydrogen) atoms. The van der Waals surface area contributed by atoms with Crippen molar-refractivity contribution in [2.24, 2.45) is 11.7 Å². The molecule has 1 amide bonds. The molecule has 0 radical (unpaired) electrons. The van der Waals surface area contributed by atoms with E-state index >= 15 is 0 Å². The number of nitro groups is 1. The first-order valence-electron chi connectivity index (χ1n) is 6.18. The minimum atomic E-state index is -0.579. The zero-order valence-corrected chi connectivity index (χ0v) is 10.7. The smallest absolute Gasteiger partial charge is 0.358 e. The van der Waals surface area contributed by atoms with Crippen LogP contribution in [0.5, 0.6) is 0 Å². The van der Waals surface area contributed by atoms with Crippen LogP contribution in [0.3, 0.4) is 0 Å². The fourth-order valence-electron chi connectivity index (χ4n) is 2.43. The van der Waals surface area contributed by atoms with Gasteiger partial charge in [0.05, 0.1) is 17.4 Å². The minimum absolute atomic E-state index is 0.0233. The van der Waals surface area contributed by atoms with Crippen molar-refractivity contribution in [2.75, 3.05) is 13.1 Å². The van der Waals surface area contributed by atoms with Crippen molar-refractivity contribution in [3.8, 4) is 0 Å². The van der Waals surface area contributed by atoms with Crippen LogP contribution in [0.2, 0.25) is 0 Å². The van der Waals surface area contributed by atoms with Crippen molar-refractivity contribution >= 4 is 11.7 Å². The van der Waals surface area contributed by atoms with Crippen LogP contribution < -0.4 is 5.73 Å². The lowest BCUT2D eigenvalue weighted by Crippen LogP contribution is -2.37. The molecule has 2 atom stereocenters. The average Bonchev–Trinajstić information content (AvgIpc) is 2.95. The van der Waals surface area contributed by atoms with Crippen molar-refractivity contribution in [2.45, 2.75) is 25.9 Å². The maximum absolute atomic E-state index is 12.1. The third-order valence-electron chi connectivity index (χ3n) is 3.43. The van der Waals surface area contributed by atoms with E-state index in [0.717, 1.165) is 6.42 Å². The average molecular weight is 267 g/mol. The molecule has 2 unspecified atom stereocenters. The Kier molecular flexibility index (Phi) is 3.79. The van der Waals surface area contributed by atoms with Crippen LogP contribution in [-0.4, -0.2) is 44.6 Å². The number of rotatable bonds is 4. The van der Waals surface area contributed by atoms with Crippen molar-refractivity contribution in [3.63, 3.8) is 0 Å². The van der Waals surface area contributed by atoms with Crippen LogP contribution in [0.25, 0.3) is 0 Å². The minimum Gasteiger partial charge on any atom is -0.358 e. The summed E-state index contributed by atoms with van der Waals surface area (Å²) in [6, 6.07) is 1.44. The summed E-state index contributed by atoms with van der Waals surface area (Å²) >= 11 is 0. The summed E-state index contributed by atoms with van der Waals surface area (Å²) in [7, 11) is 0. The maximum Gasteiger partial charge on any atom is 0.389 e. The lowest BCUT2D eigenvalue weighted by Gasteiger charge is -2.20. The molecule has 1 aromatic rings. The quantitative estimate of drug-likeness (QED) is 0.609. The van der Waals surface area contributed by atoms with E-state index in [1.807, 2.05) is 6.92 Å². The SMILES string of the molecule is CC1CC(CN)CN1C(=O)Cn1ccc([N+](=O)[O-])n1. The van der Waals surface area contributed by atoms with Gasteiger partial charge in [0, 0.05) is 12.6 Å². The van der Waals surface area contributed by atoms with Crippen LogP contribution >= 0.6 is 0 Å². The van der Waals surface area contributed by atoms with Crippen molar-refractivity contribution in [1.29, 1.82) is 0 Å². The lowest BCUT2D eigenvalue weighted by atomic mass is 10.1. The second kappa shape index (κ2) is 5.35. The first kappa shape index (κ1) is 13.5. The van der Waals surface area contributed by atoms with Crippen molar-refractivity contribution in [1.82, 2.24) is 14.7 Å². The van der Waals surface area contributed by atoms with Gasteiger partial charge in [0.1, 0.15) is 6.54 Å². The van der Waals surface area contributed by atoms with E-state index < -0.39 is 4.92 Å². The van der Waals surface area contributed by atoms with Gasteiger partial charge in [-0.3, -0.25) is 4.79 Å². The van der Waals surface area contributed by atoms with E-state index in [2.05, 4.69) is 5.10 Å². The van der Waals surface area contributed by atoms with Gasteiger partial charge in [-0.1, -0.05) is 0 Å². The number of amides is 1. The highest BCUT2D eigenvalue weighted by Crippen LogP contribution is 2.22. The number of hydrogen-bond acceptors (Lipinski definition) is 5. The van der Waals surface area contributed by atoms with Gasteiger partial charge in [-0.15, -0.1) is 0 Å². The molecule has 1 fully saturated rings. The molecule has 1 saturated heterocycles. The molecule has 8 nitrogen and oxygen atoms in total. The topological polar surface area (TPSA) is 107 Å². The molecular formula is C11H17N5O3. The van der Waals surface area contributed by atoms with E-state index in [1.54, 1.807) is 4.90 Å². The number of aromatic nitrogens is 2. The van der Waals surface area contributed by atoms with E-state index in [0.29, 0.717) is 19.0 Å². The van der Waals surface area contributed by atoms with E-state index in [-0.39, 0.29) is 24.3 Å². The maximum atomic E-state index is 12.1. The number of nitrogens with zero attached hydrogens (tertiary/aromatic N) is 4. The van der Waals surface area contributed by atoms with Crippen LogP contribution in [0.1, 0.15) is 13.3 Å². The summed E-state index contributed by atoms with van der Waals surface area (Å²) in [5.74, 6) is 0.00876. The van der Waals surface area contributed by atoms with Gasteiger partial charge < -0.3 is 20.7 Å². The fraction of sp³-hybridized carbons (Fsp3) is 0.636. The van der Waals surface area contributed by atoms with E-state index in [9.17, 15) is 14.9 Å². The first-order valence-corrected chi connectivity index (χ1v) is 6.18. The molecule has 2 rings (SSSR count). The number of nitrogens with two attached hydrogens (primary N) is 1. The predicted octanol–water partition coefficient (Wildman–Crippen LogP) is -0.0130. The molecule has 0 bridgehead atoms. The molecular weight excluding hydrogens is 250 g/mol. The van der Waals surface area contributed by atoms with E-state index in [1.165, 1.54) is 16.9 Å². The second-order valence-electron chi connectivity index (χ2n) is 4.86. The Morgan fingerprint density at radius 2 is 2.42 bits per heavy atom. The van der Waals surface area contributed by atoms with Gasteiger partial charge in [-0.2, -0.15) is 4.68 Å². The second-order valence-corrected chi connectivity index (χ2v) is 4.86. The molecule has 2 N–H and O–H groups in total. The molecule has 0 aliphatic carbocycles. The summed E-state index contributed by atoms with van der Waals surface area (Å²) in [6.45, 7) is 3.23. The first-order chi connectivity index (χ1) is 9.01. The summed E-state index contributed by atoms with van der Waals surface area (Å²) < 4.78 is 1.29. The molecule has 2 heterocycles. The molecule has 104 valence electrons. The van der Waals surface area contributed by atoms with Gasteiger partial charge in [0.15, 0.2) is 0 Å². The third kappa shape index (κ3) is 2.90. The number of hydrogen-bond donors (Lipinski definition) is 1.